The number of hydrogen-bond donors (Lipinski definition) is 3. The van der Waals surface area contributed by atoms with E-state index < -0.39 is 0 Å². The molecule has 1 atom stereocenters. The molecule has 3 rings (SSSR count). The van der Waals surface area contributed by atoms with Crippen molar-refractivity contribution in [3.05, 3.63) is 48.3 Å². The second kappa shape index (κ2) is 8.98. The van der Waals surface area contributed by atoms with E-state index in [1.54, 1.807) is 42.7 Å². The molecule has 0 spiro atoms. The van der Waals surface area contributed by atoms with E-state index >= 15 is 0 Å². The Kier molecular flexibility index (Phi) is 6.19. The Balaban J connectivity index is 1.52. The van der Waals surface area contributed by atoms with Gasteiger partial charge in [-0.3, -0.25) is 4.79 Å². The Labute approximate surface area is 158 Å². The molecule has 1 aliphatic rings. The molecule has 0 saturated carbocycles. The molecule has 3 N–H and O–H groups in total. The van der Waals surface area contributed by atoms with E-state index in [1.807, 2.05) is 6.92 Å². The van der Waals surface area contributed by atoms with Crippen molar-refractivity contribution in [1.29, 1.82) is 0 Å². The van der Waals surface area contributed by atoms with Crippen LogP contribution < -0.4 is 20.9 Å². The van der Waals surface area contributed by atoms with Gasteiger partial charge in [0.25, 0.3) is 5.91 Å². The lowest BCUT2D eigenvalue weighted by Gasteiger charge is -2.33. The fourth-order valence-electron chi connectivity index (χ4n) is 3.05. The van der Waals surface area contributed by atoms with Crippen LogP contribution in [0.1, 0.15) is 30.1 Å². The first kappa shape index (κ1) is 18.6. The summed E-state index contributed by atoms with van der Waals surface area (Å²) < 4.78 is 0. The largest absolute Gasteiger partial charge is 0.352 e. The van der Waals surface area contributed by atoms with Gasteiger partial charge in [0.2, 0.25) is 5.95 Å². The van der Waals surface area contributed by atoms with Crippen molar-refractivity contribution in [3.8, 4) is 0 Å². The third kappa shape index (κ3) is 5.16. The van der Waals surface area contributed by atoms with Gasteiger partial charge in [0.15, 0.2) is 0 Å². The SMILES string of the molecule is CCNC(=O)c1ccc(NC(=O)NC2CCCN(c3ncccn3)C2)cc1. The zero-order chi connectivity index (χ0) is 19.1. The molecule has 1 fully saturated rings. The van der Waals surface area contributed by atoms with Crippen molar-refractivity contribution >= 4 is 23.6 Å². The van der Waals surface area contributed by atoms with Crippen LogP contribution in [0.5, 0.6) is 0 Å². The average molecular weight is 368 g/mol. The molecule has 1 saturated heterocycles. The van der Waals surface area contributed by atoms with Gasteiger partial charge in [0.1, 0.15) is 0 Å². The molecule has 8 nitrogen and oxygen atoms in total. The van der Waals surface area contributed by atoms with Gasteiger partial charge in [-0.2, -0.15) is 0 Å². The first-order valence-electron chi connectivity index (χ1n) is 9.13. The van der Waals surface area contributed by atoms with Crippen molar-refractivity contribution in [2.24, 2.45) is 0 Å². The summed E-state index contributed by atoms with van der Waals surface area (Å²) in [6.45, 7) is 4.00. The predicted molar refractivity (Wildman–Crippen MR) is 104 cm³/mol. The van der Waals surface area contributed by atoms with Crippen LogP contribution in [0.15, 0.2) is 42.7 Å². The third-order valence-electron chi connectivity index (χ3n) is 4.33. The molecule has 1 aromatic carbocycles. The van der Waals surface area contributed by atoms with Crippen molar-refractivity contribution in [2.75, 3.05) is 29.9 Å². The number of hydrogen-bond acceptors (Lipinski definition) is 5. The molecule has 1 aromatic heterocycles. The van der Waals surface area contributed by atoms with Crippen LogP contribution >= 0.6 is 0 Å². The highest BCUT2D eigenvalue weighted by Crippen LogP contribution is 2.16. The van der Waals surface area contributed by atoms with Crippen molar-refractivity contribution in [2.45, 2.75) is 25.8 Å². The van der Waals surface area contributed by atoms with Gasteiger partial charge >= 0.3 is 6.03 Å². The van der Waals surface area contributed by atoms with Crippen molar-refractivity contribution < 1.29 is 9.59 Å². The average Bonchev–Trinajstić information content (AvgIpc) is 2.69. The second-order valence-electron chi connectivity index (χ2n) is 6.37. The number of amides is 3. The smallest absolute Gasteiger partial charge is 0.319 e. The molecule has 142 valence electrons. The fourth-order valence-corrected chi connectivity index (χ4v) is 3.05. The maximum absolute atomic E-state index is 12.3. The van der Waals surface area contributed by atoms with Gasteiger partial charge in [-0.25, -0.2) is 14.8 Å². The summed E-state index contributed by atoms with van der Waals surface area (Å²) in [5.41, 5.74) is 1.20. The molecule has 1 unspecified atom stereocenters. The number of benzene rings is 1. The maximum Gasteiger partial charge on any atom is 0.319 e. The maximum atomic E-state index is 12.3. The first-order chi connectivity index (χ1) is 13.2. The third-order valence-corrected chi connectivity index (χ3v) is 4.33. The summed E-state index contributed by atoms with van der Waals surface area (Å²) >= 11 is 0. The van der Waals surface area contributed by atoms with Gasteiger partial charge in [-0.15, -0.1) is 0 Å². The lowest BCUT2D eigenvalue weighted by Crippen LogP contribution is -2.49. The molecule has 0 bridgehead atoms. The van der Waals surface area contributed by atoms with E-state index in [-0.39, 0.29) is 18.0 Å². The lowest BCUT2D eigenvalue weighted by molar-refractivity contribution is 0.0956. The number of nitrogens with zero attached hydrogens (tertiary/aromatic N) is 3. The molecule has 2 aromatic rings. The molecule has 1 aliphatic heterocycles. The molecular formula is C19H24N6O2. The van der Waals surface area contributed by atoms with E-state index in [1.165, 1.54) is 0 Å². The summed E-state index contributed by atoms with van der Waals surface area (Å²) in [6, 6.07) is 8.36. The van der Waals surface area contributed by atoms with Crippen LogP contribution in [-0.4, -0.2) is 47.6 Å². The molecule has 0 radical (unpaired) electrons. The standard InChI is InChI=1S/C19H24N6O2/c1-2-20-17(26)14-6-8-15(9-7-14)23-19(27)24-16-5-3-12-25(13-16)18-21-10-4-11-22-18/h4,6-11,16H,2-3,5,12-13H2,1H3,(H,20,26)(H2,23,24,27). The Morgan fingerprint density at radius 2 is 1.93 bits per heavy atom. The molecule has 0 aliphatic carbocycles. The number of piperidine rings is 1. The highest BCUT2D eigenvalue weighted by molar-refractivity contribution is 5.95. The van der Waals surface area contributed by atoms with Crippen LogP contribution in [0.2, 0.25) is 0 Å². The van der Waals surface area contributed by atoms with Gasteiger partial charge in [0, 0.05) is 49.3 Å². The molecule has 2 heterocycles. The summed E-state index contributed by atoms with van der Waals surface area (Å²) in [6.07, 6.45) is 5.31. The minimum Gasteiger partial charge on any atom is -0.352 e. The summed E-state index contributed by atoms with van der Waals surface area (Å²) in [7, 11) is 0. The second-order valence-corrected chi connectivity index (χ2v) is 6.37. The van der Waals surface area contributed by atoms with Crippen LogP contribution in [-0.2, 0) is 0 Å². The number of rotatable bonds is 5. The predicted octanol–water partition coefficient (Wildman–Crippen LogP) is 2.02. The van der Waals surface area contributed by atoms with Gasteiger partial charge < -0.3 is 20.9 Å². The summed E-state index contributed by atoms with van der Waals surface area (Å²) in [5.74, 6) is 0.560. The highest BCUT2D eigenvalue weighted by Gasteiger charge is 2.23. The summed E-state index contributed by atoms with van der Waals surface area (Å²) in [4.78, 5) is 34.7. The number of anilines is 2. The highest BCUT2D eigenvalue weighted by atomic mass is 16.2. The Morgan fingerprint density at radius 3 is 2.63 bits per heavy atom. The number of carbonyl (C=O) groups excluding carboxylic acids is 2. The number of urea groups is 1. The number of carbonyl (C=O) groups is 2. The van der Waals surface area contributed by atoms with E-state index in [0.29, 0.717) is 30.3 Å². The Morgan fingerprint density at radius 1 is 1.19 bits per heavy atom. The van der Waals surface area contributed by atoms with Crippen molar-refractivity contribution in [1.82, 2.24) is 20.6 Å². The molecular weight excluding hydrogens is 344 g/mol. The molecule has 27 heavy (non-hydrogen) atoms. The Bertz CT molecular complexity index is 766. The van der Waals surface area contributed by atoms with E-state index in [0.717, 1.165) is 19.4 Å². The normalized spacial score (nSPS) is 16.5. The minimum atomic E-state index is -0.262. The van der Waals surface area contributed by atoms with Crippen molar-refractivity contribution in [3.63, 3.8) is 0 Å². The minimum absolute atomic E-state index is 0.0251. The van der Waals surface area contributed by atoms with Gasteiger partial charge in [-0.1, -0.05) is 0 Å². The number of aromatic nitrogens is 2. The van der Waals surface area contributed by atoms with E-state index in [9.17, 15) is 9.59 Å². The van der Waals surface area contributed by atoms with Gasteiger partial charge in [0.05, 0.1) is 0 Å². The fraction of sp³-hybridized carbons (Fsp3) is 0.368. The van der Waals surface area contributed by atoms with Crippen LogP contribution in [0.3, 0.4) is 0 Å². The quantitative estimate of drug-likeness (QED) is 0.750. The molecule has 3 amide bonds. The monoisotopic (exact) mass is 368 g/mol. The van der Waals surface area contributed by atoms with E-state index in [2.05, 4.69) is 30.8 Å². The first-order valence-corrected chi connectivity index (χ1v) is 9.13. The number of nitrogens with one attached hydrogen (secondary N) is 3. The van der Waals surface area contributed by atoms with E-state index in [4.69, 9.17) is 0 Å². The van der Waals surface area contributed by atoms with Crippen LogP contribution in [0.25, 0.3) is 0 Å². The van der Waals surface area contributed by atoms with Crippen LogP contribution in [0, 0.1) is 0 Å². The Hall–Kier alpha value is -3.16. The zero-order valence-corrected chi connectivity index (χ0v) is 15.3. The summed E-state index contributed by atoms with van der Waals surface area (Å²) in [5, 5.41) is 8.55. The zero-order valence-electron chi connectivity index (χ0n) is 15.3. The van der Waals surface area contributed by atoms with Gasteiger partial charge in [-0.05, 0) is 50.1 Å². The van der Waals surface area contributed by atoms with Crippen LogP contribution in [0.4, 0.5) is 16.4 Å². The lowest BCUT2D eigenvalue weighted by atomic mass is 10.1. The topological polar surface area (TPSA) is 99.2 Å². The molecule has 8 heteroatoms.